The number of hydrogen-bond acceptors (Lipinski definition) is 3. The van der Waals surface area contributed by atoms with Crippen LogP contribution in [0, 0.1) is 11.6 Å². The van der Waals surface area contributed by atoms with E-state index in [9.17, 15) is 13.6 Å². The Kier molecular flexibility index (Phi) is 3.64. The topological polar surface area (TPSA) is 61.9 Å². The molecule has 0 bridgehead atoms. The Morgan fingerprint density at radius 3 is 2.95 bits per heavy atom. The average Bonchev–Trinajstić information content (AvgIpc) is 3.01. The molecule has 0 radical (unpaired) electrons. The second-order valence-electron chi connectivity index (χ2n) is 5.05. The molecule has 0 unspecified atom stereocenters. The van der Waals surface area contributed by atoms with Crippen molar-refractivity contribution in [3.63, 3.8) is 0 Å². The summed E-state index contributed by atoms with van der Waals surface area (Å²) in [7, 11) is 0. The van der Waals surface area contributed by atoms with E-state index in [1.54, 1.807) is 17.3 Å². The predicted molar refractivity (Wildman–Crippen MR) is 70.6 cm³/mol. The van der Waals surface area contributed by atoms with Gasteiger partial charge in [-0.3, -0.25) is 4.79 Å². The quantitative estimate of drug-likeness (QED) is 0.922. The third kappa shape index (κ3) is 2.76. The number of H-pyrrole nitrogens is 1. The van der Waals surface area contributed by atoms with Crippen LogP contribution in [-0.2, 0) is 0 Å². The maximum Gasteiger partial charge on any atom is 0.275 e. The summed E-state index contributed by atoms with van der Waals surface area (Å²) in [6.07, 6.45) is 5.97. The number of nitrogens with zero attached hydrogens (tertiary/aromatic N) is 3. The number of halogens is 2. The number of aromatic amines is 1. The van der Waals surface area contributed by atoms with Crippen LogP contribution in [0.4, 0.5) is 8.78 Å². The molecule has 2 aromatic rings. The second-order valence-corrected chi connectivity index (χ2v) is 5.05. The van der Waals surface area contributed by atoms with Crippen LogP contribution in [-0.4, -0.2) is 38.8 Å². The zero-order valence-electron chi connectivity index (χ0n) is 11.2. The maximum absolute atomic E-state index is 13.7. The summed E-state index contributed by atoms with van der Waals surface area (Å²) < 4.78 is 26.5. The summed E-state index contributed by atoms with van der Waals surface area (Å²) in [6, 6.07) is 0.675. The summed E-state index contributed by atoms with van der Waals surface area (Å²) in [6.45, 7) is 0.985. The third-order valence-electron chi connectivity index (χ3n) is 3.63. The molecule has 1 atom stereocenters. The highest BCUT2D eigenvalue weighted by molar-refractivity contribution is 5.92. The van der Waals surface area contributed by atoms with Crippen molar-refractivity contribution < 1.29 is 13.6 Å². The van der Waals surface area contributed by atoms with Crippen LogP contribution < -0.4 is 0 Å². The van der Waals surface area contributed by atoms with Crippen molar-refractivity contribution in [2.24, 2.45) is 0 Å². The Bertz CT molecular complexity index is 644. The van der Waals surface area contributed by atoms with Gasteiger partial charge in [-0.15, -0.1) is 0 Å². The van der Waals surface area contributed by atoms with Gasteiger partial charge in [0.2, 0.25) is 0 Å². The standard InChI is InChI=1S/C14H14F2N4O/c15-10-6-11(16)12(19-7-10)14(21)20-5-1-2-9(8-20)13-17-3-4-18-13/h3-4,6-7,9H,1-2,5,8H2,(H,17,18)/t9-/m0/s1. The van der Waals surface area contributed by atoms with E-state index in [2.05, 4.69) is 15.0 Å². The Labute approximate surface area is 120 Å². The first kappa shape index (κ1) is 13.7. The van der Waals surface area contributed by atoms with Crippen molar-refractivity contribution in [3.8, 4) is 0 Å². The van der Waals surface area contributed by atoms with Crippen molar-refractivity contribution in [2.45, 2.75) is 18.8 Å². The maximum atomic E-state index is 13.7. The van der Waals surface area contributed by atoms with E-state index in [0.29, 0.717) is 19.2 Å². The fraction of sp³-hybridized carbons (Fsp3) is 0.357. The Morgan fingerprint density at radius 1 is 1.38 bits per heavy atom. The molecule has 1 amide bonds. The van der Waals surface area contributed by atoms with Gasteiger partial charge in [-0.25, -0.2) is 18.7 Å². The van der Waals surface area contributed by atoms with E-state index in [-0.39, 0.29) is 11.6 Å². The van der Waals surface area contributed by atoms with Gasteiger partial charge in [0, 0.05) is 37.5 Å². The van der Waals surface area contributed by atoms with Gasteiger partial charge in [0.1, 0.15) is 11.6 Å². The Balaban J connectivity index is 1.78. The highest BCUT2D eigenvalue weighted by atomic mass is 19.1. The molecular weight excluding hydrogens is 278 g/mol. The molecule has 110 valence electrons. The Hall–Kier alpha value is -2.31. The number of carbonyl (C=O) groups is 1. The molecule has 1 saturated heterocycles. The summed E-state index contributed by atoms with van der Waals surface area (Å²) in [4.78, 5) is 24.7. The van der Waals surface area contributed by atoms with Crippen LogP contribution in [0.1, 0.15) is 35.1 Å². The predicted octanol–water partition coefficient (Wildman–Crippen LogP) is 2.10. The van der Waals surface area contributed by atoms with Crippen molar-refractivity contribution in [2.75, 3.05) is 13.1 Å². The largest absolute Gasteiger partial charge is 0.348 e. The first-order valence-corrected chi connectivity index (χ1v) is 6.74. The van der Waals surface area contributed by atoms with E-state index in [1.807, 2.05) is 0 Å². The number of rotatable bonds is 2. The first-order chi connectivity index (χ1) is 10.1. The van der Waals surface area contributed by atoms with Crippen LogP contribution in [0.15, 0.2) is 24.7 Å². The highest BCUT2D eigenvalue weighted by Gasteiger charge is 2.28. The van der Waals surface area contributed by atoms with Crippen LogP contribution in [0.25, 0.3) is 0 Å². The molecule has 0 aliphatic carbocycles. The minimum absolute atomic E-state index is 0.0983. The van der Waals surface area contributed by atoms with Crippen molar-refractivity contribution in [3.05, 3.63) is 47.8 Å². The molecule has 0 aromatic carbocycles. The summed E-state index contributed by atoms with van der Waals surface area (Å²) in [5, 5.41) is 0. The van der Waals surface area contributed by atoms with Crippen LogP contribution in [0.3, 0.4) is 0 Å². The number of carbonyl (C=O) groups excluding carboxylic acids is 1. The zero-order valence-corrected chi connectivity index (χ0v) is 11.2. The molecule has 1 aliphatic rings. The average molecular weight is 292 g/mol. The molecule has 21 heavy (non-hydrogen) atoms. The molecule has 3 heterocycles. The summed E-state index contributed by atoms with van der Waals surface area (Å²) in [5.74, 6) is -1.32. The minimum Gasteiger partial charge on any atom is -0.348 e. The van der Waals surface area contributed by atoms with E-state index in [1.165, 1.54) is 0 Å². The SMILES string of the molecule is O=C(c1ncc(F)cc1F)N1CCC[C@H](c2ncc[nH]2)C1. The molecule has 5 nitrogen and oxygen atoms in total. The van der Waals surface area contributed by atoms with Crippen LogP contribution >= 0.6 is 0 Å². The smallest absolute Gasteiger partial charge is 0.275 e. The number of pyridine rings is 1. The van der Waals surface area contributed by atoms with Crippen LogP contribution in [0.2, 0.25) is 0 Å². The highest BCUT2D eigenvalue weighted by Crippen LogP contribution is 2.25. The lowest BCUT2D eigenvalue weighted by Crippen LogP contribution is -2.40. The lowest BCUT2D eigenvalue weighted by atomic mass is 9.97. The molecule has 2 aromatic heterocycles. The number of nitrogens with one attached hydrogen (secondary N) is 1. The van der Waals surface area contributed by atoms with E-state index >= 15 is 0 Å². The minimum atomic E-state index is -0.930. The molecule has 1 fully saturated rings. The molecule has 7 heteroatoms. The van der Waals surface area contributed by atoms with Crippen molar-refractivity contribution >= 4 is 5.91 Å². The van der Waals surface area contributed by atoms with Gasteiger partial charge in [-0.05, 0) is 12.8 Å². The molecule has 0 spiro atoms. The number of hydrogen-bond donors (Lipinski definition) is 1. The molecular formula is C14H14F2N4O. The number of piperidine rings is 1. The number of aromatic nitrogens is 3. The van der Waals surface area contributed by atoms with E-state index in [4.69, 9.17) is 0 Å². The molecule has 0 saturated carbocycles. The van der Waals surface area contributed by atoms with Crippen LogP contribution in [0.5, 0.6) is 0 Å². The fourth-order valence-corrected chi connectivity index (χ4v) is 2.61. The summed E-state index contributed by atoms with van der Waals surface area (Å²) in [5.41, 5.74) is -0.337. The Morgan fingerprint density at radius 2 is 2.24 bits per heavy atom. The number of imidazole rings is 1. The van der Waals surface area contributed by atoms with Gasteiger partial charge in [0.15, 0.2) is 11.5 Å². The van der Waals surface area contributed by atoms with E-state index < -0.39 is 17.5 Å². The second kappa shape index (κ2) is 5.59. The van der Waals surface area contributed by atoms with E-state index in [0.717, 1.165) is 24.9 Å². The lowest BCUT2D eigenvalue weighted by molar-refractivity contribution is 0.0693. The normalized spacial score (nSPS) is 18.8. The van der Waals surface area contributed by atoms with Gasteiger partial charge in [-0.2, -0.15) is 0 Å². The fourth-order valence-electron chi connectivity index (χ4n) is 2.61. The molecule has 1 N–H and O–H groups in total. The molecule has 3 rings (SSSR count). The monoisotopic (exact) mass is 292 g/mol. The van der Waals surface area contributed by atoms with Gasteiger partial charge in [0.05, 0.1) is 6.20 Å². The van der Waals surface area contributed by atoms with Gasteiger partial charge < -0.3 is 9.88 Å². The van der Waals surface area contributed by atoms with Crippen molar-refractivity contribution in [1.82, 2.24) is 19.9 Å². The molecule has 1 aliphatic heterocycles. The first-order valence-electron chi connectivity index (χ1n) is 6.74. The van der Waals surface area contributed by atoms with Crippen molar-refractivity contribution in [1.29, 1.82) is 0 Å². The summed E-state index contributed by atoms with van der Waals surface area (Å²) >= 11 is 0. The number of amides is 1. The third-order valence-corrected chi connectivity index (χ3v) is 3.63. The van der Waals surface area contributed by atoms with Gasteiger partial charge in [0.25, 0.3) is 5.91 Å². The number of likely N-dealkylation sites (tertiary alicyclic amines) is 1. The lowest BCUT2D eigenvalue weighted by Gasteiger charge is -2.31. The van der Waals surface area contributed by atoms with Gasteiger partial charge in [-0.1, -0.05) is 0 Å². The van der Waals surface area contributed by atoms with Gasteiger partial charge >= 0.3 is 0 Å². The zero-order chi connectivity index (χ0) is 14.8.